The Hall–Kier alpha value is -4.21. The Morgan fingerprint density at radius 2 is 1.67 bits per heavy atom. The lowest BCUT2D eigenvalue weighted by atomic mass is 9.99. The number of carboxylic acid groups (broad SMARTS) is 1. The average molecular weight is 503 g/mol. The van der Waals surface area contributed by atoms with Gasteiger partial charge in [0, 0.05) is 12.1 Å². The number of rotatable bonds is 10. The molecular weight excluding hydrogens is 479 g/mol. The average Bonchev–Trinajstić information content (AvgIpc) is 2.82. The largest absolute Gasteiger partial charge is 0.573 e. The molecule has 0 aromatic heterocycles. The van der Waals surface area contributed by atoms with Gasteiger partial charge in [0.1, 0.15) is 18.1 Å². The molecule has 0 aliphatic rings. The first-order chi connectivity index (χ1) is 17.1. The normalized spacial score (nSPS) is 11.0. The zero-order valence-electron chi connectivity index (χ0n) is 19.3. The summed E-state index contributed by atoms with van der Waals surface area (Å²) in [5, 5.41) is 11.7. The van der Waals surface area contributed by atoms with Crippen LogP contribution in [-0.4, -0.2) is 30.1 Å². The highest BCUT2D eigenvalue weighted by atomic mass is 19.4. The number of hydrogen-bond acceptors (Lipinski definition) is 5. The molecule has 0 fully saturated rings. The number of aliphatic carboxylic acids is 1. The van der Waals surface area contributed by atoms with Crippen LogP contribution in [0.25, 0.3) is 11.1 Å². The molecule has 3 aromatic carbocycles. The van der Waals surface area contributed by atoms with E-state index in [1.807, 2.05) is 25.1 Å². The number of carboxylic acids is 1. The fraction of sp³-hybridized carbons (Fsp3) is 0.231. The Balaban J connectivity index is 1.63. The zero-order chi connectivity index (χ0) is 26.1. The van der Waals surface area contributed by atoms with E-state index in [2.05, 4.69) is 10.1 Å². The van der Waals surface area contributed by atoms with Gasteiger partial charge < -0.3 is 24.6 Å². The van der Waals surface area contributed by atoms with E-state index in [1.165, 1.54) is 12.1 Å². The second kappa shape index (κ2) is 12.0. The molecule has 0 saturated carbocycles. The lowest BCUT2D eigenvalue weighted by molar-refractivity contribution is -0.274. The Morgan fingerprint density at radius 1 is 0.944 bits per heavy atom. The Bertz CT molecular complexity index is 1200. The summed E-state index contributed by atoms with van der Waals surface area (Å²) >= 11 is 0. The van der Waals surface area contributed by atoms with Gasteiger partial charge in [-0.25, -0.2) is 4.79 Å². The Morgan fingerprint density at radius 3 is 2.33 bits per heavy atom. The van der Waals surface area contributed by atoms with Crippen LogP contribution >= 0.6 is 0 Å². The lowest BCUT2D eigenvalue weighted by Gasteiger charge is -2.14. The van der Waals surface area contributed by atoms with Crippen LogP contribution in [0.5, 0.6) is 11.5 Å². The van der Waals surface area contributed by atoms with Gasteiger partial charge in [0.2, 0.25) is 0 Å². The van der Waals surface area contributed by atoms with Crippen molar-refractivity contribution in [3.05, 3.63) is 83.4 Å². The summed E-state index contributed by atoms with van der Waals surface area (Å²) in [4.78, 5) is 23.2. The van der Waals surface area contributed by atoms with Gasteiger partial charge in [0.25, 0.3) is 0 Å². The van der Waals surface area contributed by atoms with Crippen LogP contribution in [-0.2, 0) is 29.1 Å². The number of carbonyl (C=O) groups is 2. The van der Waals surface area contributed by atoms with Crippen LogP contribution in [0, 0.1) is 0 Å². The predicted molar refractivity (Wildman–Crippen MR) is 125 cm³/mol. The van der Waals surface area contributed by atoms with E-state index in [0.717, 1.165) is 23.3 Å². The van der Waals surface area contributed by atoms with E-state index in [1.54, 1.807) is 24.3 Å². The van der Waals surface area contributed by atoms with Gasteiger partial charge in [0.15, 0.2) is 0 Å². The number of nitrogens with one attached hydrogen (secondary N) is 1. The van der Waals surface area contributed by atoms with Crippen LogP contribution in [0.3, 0.4) is 0 Å². The highest BCUT2D eigenvalue weighted by Crippen LogP contribution is 2.28. The second-order valence-electron chi connectivity index (χ2n) is 7.65. The van der Waals surface area contributed by atoms with Crippen LogP contribution < -0.4 is 14.8 Å². The molecule has 1 amide bonds. The van der Waals surface area contributed by atoms with E-state index >= 15 is 0 Å². The molecule has 2 N–H and O–H groups in total. The Labute approximate surface area is 205 Å². The van der Waals surface area contributed by atoms with Crippen molar-refractivity contribution >= 4 is 12.1 Å². The number of alkyl halides is 3. The summed E-state index contributed by atoms with van der Waals surface area (Å²) in [6.07, 6.45) is -5.60. The van der Waals surface area contributed by atoms with Crippen LogP contribution in [0.15, 0.2) is 66.7 Å². The van der Waals surface area contributed by atoms with Crippen LogP contribution in [0.1, 0.15) is 23.6 Å². The summed E-state index contributed by atoms with van der Waals surface area (Å²) in [7, 11) is 0. The molecule has 0 aliphatic carbocycles. The smallest absolute Gasteiger partial charge is 0.494 e. The predicted octanol–water partition coefficient (Wildman–Crippen LogP) is 5.70. The molecule has 7 nitrogen and oxygen atoms in total. The molecule has 0 unspecified atom stereocenters. The van der Waals surface area contributed by atoms with Crippen molar-refractivity contribution in [1.82, 2.24) is 5.32 Å². The first-order valence-electron chi connectivity index (χ1n) is 10.9. The summed E-state index contributed by atoms with van der Waals surface area (Å²) in [6, 6.07) is 17.6. The molecule has 0 atom stereocenters. The number of halogens is 3. The SMILES string of the molecule is CCOc1ccc(-c2cccc(CC(=O)O)c2)cc1CNC(=O)OCc1ccc(OC(F)(F)F)cc1. The van der Waals surface area contributed by atoms with Crippen LogP contribution in [0.2, 0.25) is 0 Å². The van der Waals surface area contributed by atoms with Gasteiger partial charge in [-0.05, 0) is 53.4 Å². The van der Waals surface area contributed by atoms with E-state index in [0.29, 0.717) is 29.0 Å². The third-order valence-electron chi connectivity index (χ3n) is 4.93. The second-order valence-corrected chi connectivity index (χ2v) is 7.65. The Kier molecular flexibility index (Phi) is 8.77. The summed E-state index contributed by atoms with van der Waals surface area (Å²) in [5.74, 6) is -0.719. The molecule has 10 heteroatoms. The molecule has 0 heterocycles. The maximum Gasteiger partial charge on any atom is 0.573 e. The number of carbonyl (C=O) groups excluding carboxylic acids is 1. The standard InChI is InChI=1S/C26H24F3NO6/c1-2-34-23-11-8-20(19-5-3-4-18(12-19)13-24(31)32)14-21(23)15-30-25(33)35-16-17-6-9-22(10-7-17)36-26(27,28)29/h3-12,14H,2,13,15-16H2,1H3,(H,30,33)(H,31,32). The van der Waals surface area contributed by atoms with Crippen molar-refractivity contribution in [2.75, 3.05) is 6.61 Å². The fourth-order valence-corrected chi connectivity index (χ4v) is 3.38. The maximum absolute atomic E-state index is 12.3. The molecule has 0 saturated heterocycles. The third-order valence-corrected chi connectivity index (χ3v) is 4.93. The van der Waals surface area contributed by atoms with E-state index in [4.69, 9.17) is 14.6 Å². The van der Waals surface area contributed by atoms with Crippen LogP contribution in [0.4, 0.5) is 18.0 Å². The van der Waals surface area contributed by atoms with Crippen molar-refractivity contribution in [2.45, 2.75) is 32.9 Å². The molecule has 0 aliphatic heterocycles. The number of benzene rings is 3. The molecule has 0 spiro atoms. The highest BCUT2D eigenvalue weighted by Gasteiger charge is 2.30. The van der Waals surface area contributed by atoms with Gasteiger partial charge in [-0.1, -0.05) is 42.5 Å². The number of ether oxygens (including phenoxy) is 3. The monoisotopic (exact) mass is 503 g/mol. The van der Waals surface area contributed by atoms with Gasteiger partial charge in [-0.15, -0.1) is 13.2 Å². The molecular formula is C26H24F3NO6. The maximum atomic E-state index is 12.3. The van der Waals surface area contributed by atoms with Crippen molar-refractivity contribution in [2.24, 2.45) is 0 Å². The fourth-order valence-electron chi connectivity index (χ4n) is 3.38. The zero-order valence-corrected chi connectivity index (χ0v) is 19.3. The van der Waals surface area contributed by atoms with E-state index in [-0.39, 0.29) is 25.3 Å². The lowest BCUT2D eigenvalue weighted by Crippen LogP contribution is -2.24. The van der Waals surface area contributed by atoms with Gasteiger partial charge in [-0.2, -0.15) is 0 Å². The molecule has 36 heavy (non-hydrogen) atoms. The molecule has 0 bridgehead atoms. The minimum Gasteiger partial charge on any atom is -0.494 e. The summed E-state index contributed by atoms with van der Waals surface area (Å²) in [6.45, 7) is 2.20. The number of amides is 1. The van der Waals surface area contributed by atoms with Gasteiger partial charge >= 0.3 is 18.4 Å². The number of hydrogen-bond donors (Lipinski definition) is 2. The summed E-state index contributed by atoms with van der Waals surface area (Å²) < 4.78 is 51.4. The van der Waals surface area contributed by atoms with E-state index < -0.39 is 18.4 Å². The third kappa shape index (κ3) is 8.23. The first kappa shape index (κ1) is 26.4. The molecule has 190 valence electrons. The quantitative estimate of drug-likeness (QED) is 0.368. The molecule has 0 radical (unpaired) electrons. The van der Waals surface area contributed by atoms with E-state index in [9.17, 15) is 22.8 Å². The highest BCUT2D eigenvalue weighted by molar-refractivity contribution is 5.73. The first-order valence-corrected chi connectivity index (χ1v) is 10.9. The van der Waals surface area contributed by atoms with Crippen molar-refractivity contribution in [3.63, 3.8) is 0 Å². The molecule has 3 aromatic rings. The topological polar surface area (TPSA) is 94.1 Å². The number of alkyl carbamates (subject to hydrolysis) is 1. The van der Waals surface area contributed by atoms with Crippen molar-refractivity contribution < 1.29 is 42.1 Å². The van der Waals surface area contributed by atoms with Gasteiger partial charge in [0.05, 0.1) is 13.0 Å². The minimum absolute atomic E-state index is 0.0924. The van der Waals surface area contributed by atoms with Crippen molar-refractivity contribution in [3.8, 4) is 22.6 Å². The van der Waals surface area contributed by atoms with Crippen molar-refractivity contribution in [1.29, 1.82) is 0 Å². The summed E-state index contributed by atoms with van der Waals surface area (Å²) in [5.41, 5.74) is 3.47. The van der Waals surface area contributed by atoms with Gasteiger partial charge in [-0.3, -0.25) is 4.79 Å². The minimum atomic E-state index is -4.78. The molecule has 3 rings (SSSR count).